The summed E-state index contributed by atoms with van der Waals surface area (Å²) in [5, 5.41) is 32.7. The monoisotopic (exact) mass is 1820 g/mol. The maximum Gasteiger partial charge on any atom is 0.135 e. The molecular formula is C125H145NOSSeSi. The van der Waals surface area contributed by atoms with Gasteiger partial charge in [-0.25, -0.2) is 0 Å². The summed E-state index contributed by atoms with van der Waals surface area (Å²) < 4.78 is 13.7. The van der Waals surface area contributed by atoms with Gasteiger partial charge >= 0.3 is 82.3 Å². The first-order valence-corrected chi connectivity index (χ1v) is 53.9. The standard InChI is InChI=1S/C20H12.C18H12.C14H14Si.C13H11N.C12H8O.C12H8S.C12H8Se.12C2H6/c1-5-13-6-2-11-17-18-12-4-8-14-7-3-10-16(20(14)18)15(9-1)19(13)17;1-3-7-15-13(5-1)9-11-18-16-8-4-2-6-14(16)10-12-17(15)18;1-15(2)13-9-5-3-7-11(13)12-8-4-6-10-14(12)15;1-14-12-8-4-2-6-10(12)11-7-3-5-9-13(11)14;3*1-3-7-11-9(5-1)10-6-2-4-8-12(10)13-11;12*1-2/h1-12H;1-12H;3-10H,1-2H3;2-9H,1H3;3*1-8H;12*1-2H3. The van der Waals surface area contributed by atoms with Crippen LogP contribution in [-0.4, -0.2) is 27.1 Å². The van der Waals surface area contributed by atoms with Gasteiger partial charge in [0.15, 0.2) is 0 Å². The topological polar surface area (TPSA) is 18.1 Å². The number of thiophene rings is 1. The van der Waals surface area contributed by atoms with Crippen molar-refractivity contribution in [2.45, 2.75) is 179 Å². The molecule has 0 spiro atoms. The molecule has 0 aliphatic carbocycles. The number of aromatic nitrogens is 1. The molecular weight excluding hydrogens is 1670 g/mol. The van der Waals surface area contributed by atoms with Crippen LogP contribution in [0.25, 0.3) is 170 Å². The van der Waals surface area contributed by atoms with Gasteiger partial charge in [0.1, 0.15) is 19.2 Å². The molecule has 2 nitrogen and oxygen atoms in total. The van der Waals surface area contributed by atoms with E-state index in [0.717, 1.165) is 11.2 Å². The van der Waals surface area contributed by atoms with E-state index in [9.17, 15) is 0 Å². The average molecular weight is 1820 g/mol. The summed E-state index contributed by atoms with van der Waals surface area (Å²) in [6.45, 7) is 52.9. The number of benzene rings is 19. The molecule has 5 heterocycles. The molecule has 0 atom stereocenters. The van der Waals surface area contributed by atoms with Crippen molar-refractivity contribution >= 4 is 203 Å². The number of para-hydroxylation sites is 4. The third-order valence-electron chi connectivity index (χ3n) is 21.2. The molecule has 24 rings (SSSR count). The van der Waals surface area contributed by atoms with Gasteiger partial charge in [0.2, 0.25) is 0 Å². The molecule has 672 valence electrons. The van der Waals surface area contributed by atoms with Gasteiger partial charge in [0, 0.05) is 59.8 Å². The quantitative estimate of drug-likeness (QED) is 0.0841. The Morgan fingerprint density at radius 3 is 0.815 bits per heavy atom. The Bertz CT molecular complexity index is 6430. The maximum absolute atomic E-state index is 5.65. The second-order valence-electron chi connectivity index (χ2n) is 27.7. The van der Waals surface area contributed by atoms with Gasteiger partial charge < -0.3 is 8.98 Å². The van der Waals surface area contributed by atoms with Gasteiger partial charge in [-0.15, -0.1) is 11.3 Å². The maximum atomic E-state index is 5.65. The Morgan fingerprint density at radius 1 is 0.208 bits per heavy atom. The Hall–Kier alpha value is -12.2. The van der Waals surface area contributed by atoms with Gasteiger partial charge in [0.05, 0.1) is 0 Å². The molecule has 1 aliphatic heterocycles. The van der Waals surface area contributed by atoms with Crippen molar-refractivity contribution in [3.05, 3.63) is 388 Å². The first-order chi connectivity index (χ1) is 64.3. The Kier molecular flexibility index (Phi) is 46.7. The van der Waals surface area contributed by atoms with Gasteiger partial charge in [-0.3, -0.25) is 0 Å². The van der Waals surface area contributed by atoms with Gasteiger partial charge in [0.25, 0.3) is 0 Å². The fraction of sp³-hybridized carbons (Fsp3) is 0.216. The zero-order valence-corrected chi connectivity index (χ0v) is 86.7. The summed E-state index contributed by atoms with van der Waals surface area (Å²) in [6.07, 6.45) is 0. The van der Waals surface area contributed by atoms with Gasteiger partial charge in [-0.2, -0.15) is 0 Å². The predicted molar refractivity (Wildman–Crippen MR) is 603 cm³/mol. The zero-order valence-electron chi connectivity index (χ0n) is 83.1. The first-order valence-electron chi connectivity index (χ1n) is 48.3. The number of furan rings is 1. The molecule has 0 saturated heterocycles. The number of hydrogen-bond acceptors (Lipinski definition) is 2. The molecule has 0 amide bonds. The van der Waals surface area contributed by atoms with Gasteiger partial charge in [-0.1, -0.05) is 483 Å². The van der Waals surface area contributed by atoms with Crippen molar-refractivity contribution in [2.75, 3.05) is 0 Å². The van der Waals surface area contributed by atoms with E-state index in [2.05, 4.69) is 377 Å². The summed E-state index contributed by atoms with van der Waals surface area (Å²) in [6, 6.07) is 138. The van der Waals surface area contributed by atoms with Crippen molar-refractivity contribution in [2.24, 2.45) is 7.05 Å². The SMILES string of the molecule is CC.CC.CC.CC.CC.CC.CC.CC.CC.CC.CC.CC.C[Si]1(C)c2ccccc2-c2ccccc21.Cn1c2ccccc2c2ccccc21.c1cc2cccc3c4cccc5cccc(c(c1)c23)c54.c1ccc2c(c1)[se]c1ccccc12.c1ccc2c(c1)ccc1c3ccccc3ccc21.c1ccc2c(c1)oc1ccccc12.c1ccc2c(c1)sc1ccccc12. The van der Waals surface area contributed by atoms with E-state index >= 15 is 0 Å². The predicted octanol–water partition coefficient (Wildman–Crippen LogP) is 39.7. The van der Waals surface area contributed by atoms with E-state index in [1.165, 1.54) is 159 Å². The van der Waals surface area contributed by atoms with E-state index in [1.54, 1.807) is 10.4 Å². The molecule has 0 fully saturated rings. The molecule has 0 saturated carbocycles. The van der Waals surface area contributed by atoms with E-state index in [1.807, 2.05) is 214 Å². The van der Waals surface area contributed by atoms with Crippen LogP contribution < -0.4 is 10.4 Å². The molecule has 0 N–H and O–H groups in total. The molecule has 0 unspecified atom stereocenters. The largest absolute Gasteiger partial charge is 0.456 e. The zero-order chi connectivity index (χ0) is 95.1. The molecule has 1 aliphatic rings. The second-order valence-corrected chi connectivity index (χ2v) is 35.4. The van der Waals surface area contributed by atoms with Crippen molar-refractivity contribution in [3.63, 3.8) is 0 Å². The van der Waals surface area contributed by atoms with E-state index < -0.39 is 8.07 Å². The molecule has 23 aromatic rings. The third kappa shape index (κ3) is 24.5. The number of nitrogens with zero attached hydrogens (tertiary/aromatic N) is 1. The minimum Gasteiger partial charge on any atom is -0.456 e. The minimum absolute atomic E-state index is 0.535. The average Bonchev–Trinajstić information content (AvgIpc) is 1.11. The van der Waals surface area contributed by atoms with Crippen LogP contribution in [0.3, 0.4) is 0 Å². The molecule has 0 bridgehead atoms. The van der Waals surface area contributed by atoms with Crippen LogP contribution >= 0.6 is 11.3 Å². The Morgan fingerprint density at radius 2 is 0.462 bits per heavy atom. The number of rotatable bonds is 0. The normalized spacial score (nSPS) is 10.3. The van der Waals surface area contributed by atoms with Crippen LogP contribution in [0.15, 0.2) is 393 Å². The summed E-state index contributed by atoms with van der Waals surface area (Å²) in [7, 11) is 0.734. The summed E-state index contributed by atoms with van der Waals surface area (Å²) >= 11 is 2.40. The van der Waals surface area contributed by atoms with E-state index in [-0.39, 0.29) is 0 Å². The van der Waals surface area contributed by atoms with E-state index in [0.29, 0.717) is 14.5 Å². The number of hydrogen-bond donors (Lipinski definition) is 0. The van der Waals surface area contributed by atoms with Crippen molar-refractivity contribution in [1.29, 1.82) is 0 Å². The van der Waals surface area contributed by atoms with Crippen LogP contribution in [0.2, 0.25) is 13.1 Å². The van der Waals surface area contributed by atoms with Crippen LogP contribution in [-0.2, 0) is 7.05 Å². The summed E-state index contributed by atoms with van der Waals surface area (Å²) in [4.78, 5) is 0. The molecule has 0 radical (unpaired) electrons. The van der Waals surface area contributed by atoms with Crippen molar-refractivity contribution in [1.82, 2.24) is 4.57 Å². The number of aryl methyl sites for hydroxylation is 1. The summed E-state index contributed by atoms with van der Waals surface area (Å²) in [5.41, 5.74) is 7.45. The van der Waals surface area contributed by atoms with Crippen LogP contribution in [0.1, 0.15) is 166 Å². The fourth-order valence-electron chi connectivity index (χ4n) is 16.2. The van der Waals surface area contributed by atoms with Gasteiger partial charge in [-0.05, 0) is 133 Å². The Balaban J connectivity index is 0.000000226. The first kappa shape index (κ1) is 107. The fourth-order valence-corrected chi connectivity index (χ4v) is 22.7. The Labute approximate surface area is 791 Å². The van der Waals surface area contributed by atoms with E-state index in [4.69, 9.17) is 4.42 Å². The smallest absolute Gasteiger partial charge is 0.135 e. The molecule has 4 aromatic heterocycles. The van der Waals surface area contributed by atoms with Crippen LogP contribution in [0.5, 0.6) is 0 Å². The minimum atomic E-state index is -1.38. The van der Waals surface area contributed by atoms with Crippen LogP contribution in [0, 0.1) is 0 Å². The van der Waals surface area contributed by atoms with Crippen LogP contribution in [0.4, 0.5) is 0 Å². The number of fused-ring (bicyclic) bond motifs is 22. The molecule has 130 heavy (non-hydrogen) atoms. The third-order valence-corrected chi connectivity index (χ3v) is 28.3. The molecule has 19 aromatic carbocycles. The van der Waals surface area contributed by atoms with Crippen molar-refractivity contribution in [3.8, 4) is 11.1 Å². The second kappa shape index (κ2) is 57.0. The molecule has 5 heteroatoms. The summed E-state index contributed by atoms with van der Waals surface area (Å²) in [5.74, 6) is 0. The van der Waals surface area contributed by atoms with Crippen molar-refractivity contribution < 1.29 is 4.42 Å².